The minimum atomic E-state index is -4.81. The van der Waals surface area contributed by atoms with E-state index in [-0.39, 0.29) is 46.3 Å². The van der Waals surface area contributed by atoms with E-state index >= 15 is 0 Å². The summed E-state index contributed by atoms with van der Waals surface area (Å²) in [5, 5.41) is 15.2. The van der Waals surface area contributed by atoms with Crippen molar-refractivity contribution in [2.24, 2.45) is 11.7 Å². The molecular weight excluding hydrogens is 417 g/mol. The van der Waals surface area contributed by atoms with E-state index < -0.39 is 6.36 Å². The Labute approximate surface area is 176 Å². The summed E-state index contributed by atoms with van der Waals surface area (Å²) in [6, 6.07) is 5.90. The highest BCUT2D eigenvalue weighted by atomic mass is 19.4. The van der Waals surface area contributed by atoms with Gasteiger partial charge in [0, 0.05) is 24.7 Å². The lowest BCUT2D eigenvalue weighted by molar-refractivity contribution is -0.729. The molecule has 0 atom stereocenters. The van der Waals surface area contributed by atoms with Gasteiger partial charge in [0.15, 0.2) is 0 Å². The number of ether oxygens (including phenoxy) is 1. The van der Waals surface area contributed by atoms with Gasteiger partial charge < -0.3 is 21.1 Å². The van der Waals surface area contributed by atoms with Gasteiger partial charge >= 0.3 is 12.0 Å². The zero-order chi connectivity index (χ0) is 22.4. The summed E-state index contributed by atoms with van der Waals surface area (Å²) in [5.74, 6) is 0.198. The van der Waals surface area contributed by atoms with Crippen molar-refractivity contribution in [2.75, 3.05) is 17.2 Å². The van der Waals surface area contributed by atoms with Crippen molar-refractivity contribution >= 4 is 17.5 Å². The highest BCUT2D eigenvalue weighted by Gasteiger charge is 2.32. The van der Waals surface area contributed by atoms with Crippen molar-refractivity contribution in [3.05, 3.63) is 40.9 Å². The Morgan fingerprint density at radius 3 is 2.58 bits per heavy atom. The molecule has 1 heterocycles. The molecule has 5 N–H and O–H groups in total. The number of hydrogen-bond donors (Lipinski definition) is 4. The molecule has 3 rings (SSSR count). The van der Waals surface area contributed by atoms with Crippen molar-refractivity contribution < 1.29 is 28.0 Å². The first-order chi connectivity index (χ1) is 14.7. The smallest absolute Gasteiger partial charge is 0.405 e. The van der Waals surface area contributed by atoms with E-state index in [1.807, 2.05) is 0 Å². The van der Waals surface area contributed by atoms with Gasteiger partial charge in [-0.05, 0) is 37.7 Å². The summed E-state index contributed by atoms with van der Waals surface area (Å²) in [5.41, 5.74) is 5.99. The Balaban J connectivity index is 1.68. The molecule has 1 saturated carbocycles. The second kappa shape index (κ2) is 9.77. The zero-order valence-corrected chi connectivity index (χ0v) is 16.6. The van der Waals surface area contributed by atoms with Crippen molar-refractivity contribution in [1.29, 1.82) is 0 Å². The molecule has 1 aliphatic rings. The Bertz CT molecular complexity index is 904. The molecule has 0 spiro atoms. The van der Waals surface area contributed by atoms with Crippen LogP contribution in [0.3, 0.4) is 0 Å². The van der Waals surface area contributed by atoms with E-state index in [9.17, 15) is 23.3 Å². The number of nitrogens with one attached hydrogen (secondary N) is 2. The molecule has 0 bridgehead atoms. The highest BCUT2D eigenvalue weighted by Crippen LogP contribution is 2.28. The Kier molecular flexibility index (Phi) is 7.10. The predicted octanol–water partition coefficient (Wildman–Crippen LogP) is 3.72. The van der Waals surface area contributed by atoms with E-state index in [1.165, 1.54) is 18.2 Å². The second-order valence-electron chi connectivity index (χ2n) is 7.37. The number of aromatic nitrogens is 2. The molecule has 0 unspecified atom stereocenters. The van der Waals surface area contributed by atoms with Gasteiger partial charge in [0.1, 0.15) is 11.9 Å². The summed E-state index contributed by atoms with van der Waals surface area (Å²) >= 11 is 0. The summed E-state index contributed by atoms with van der Waals surface area (Å²) < 4.78 is 41.8. The van der Waals surface area contributed by atoms with E-state index in [0.717, 1.165) is 31.9 Å². The van der Waals surface area contributed by atoms with Gasteiger partial charge in [0.2, 0.25) is 11.8 Å². The largest absolute Gasteiger partial charge is 0.573 e. The van der Waals surface area contributed by atoms with Crippen LogP contribution in [0.4, 0.5) is 30.6 Å². The topological polar surface area (TPSA) is 125 Å². The number of alkyl halides is 3. The summed E-state index contributed by atoms with van der Waals surface area (Å²) in [6.45, 7) is 0.484. The third-order valence-electron chi connectivity index (χ3n) is 5.06. The number of halogens is 3. The number of para-hydroxylation sites is 1. The maximum atomic E-state index is 12.6. The molecular formula is C19H24F3N6O3+. The van der Waals surface area contributed by atoms with Crippen molar-refractivity contribution in [1.82, 2.24) is 9.97 Å². The molecule has 2 aromatic rings. The summed E-state index contributed by atoms with van der Waals surface area (Å²) in [4.78, 5) is 19.2. The van der Waals surface area contributed by atoms with Crippen LogP contribution in [0.5, 0.6) is 5.75 Å². The average Bonchev–Trinajstić information content (AvgIpc) is 2.71. The van der Waals surface area contributed by atoms with Crippen LogP contribution in [-0.4, -0.2) is 39.0 Å². The van der Waals surface area contributed by atoms with Crippen molar-refractivity contribution in [3.63, 3.8) is 0 Å². The van der Waals surface area contributed by atoms with Crippen LogP contribution >= 0.6 is 0 Å². The highest BCUT2D eigenvalue weighted by molar-refractivity contribution is 5.56. The zero-order valence-electron chi connectivity index (χ0n) is 16.6. The fraction of sp³-hybridized carbons (Fsp3) is 0.474. The number of nitrogens with two attached hydrogens (primary N) is 1. The molecule has 1 aromatic carbocycles. The molecule has 1 aromatic heterocycles. The minimum absolute atomic E-state index is 0.0498. The lowest BCUT2D eigenvalue weighted by Crippen LogP contribution is -2.29. The normalized spacial score (nSPS) is 19.0. The first kappa shape index (κ1) is 22.5. The van der Waals surface area contributed by atoms with Gasteiger partial charge in [-0.15, -0.1) is 13.2 Å². The summed E-state index contributed by atoms with van der Waals surface area (Å²) in [7, 11) is 0. The van der Waals surface area contributed by atoms with Crippen molar-refractivity contribution in [3.8, 4) is 5.75 Å². The van der Waals surface area contributed by atoms with E-state index in [0.29, 0.717) is 12.5 Å². The van der Waals surface area contributed by atoms with Crippen LogP contribution in [0.2, 0.25) is 0 Å². The van der Waals surface area contributed by atoms with Gasteiger partial charge in [-0.2, -0.15) is 4.98 Å². The molecule has 12 heteroatoms. The third kappa shape index (κ3) is 6.67. The Morgan fingerprint density at radius 1 is 1.19 bits per heavy atom. The first-order valence-corrected chi connectivity index (χ1v) is 9.81. The van der Waals surface area contributed by atoms with Gasteiger partial charge in [0.05, 0.1) is 4.91 Å². The maximum Gasteiger partial charge on any atom is 0.573 e. The molecule has 0 saturated heterocycles. The van der Waals surface area contributed by atoms with E-state index in [1.54, 1.807) is 6.07 Å². The third-order valence-corrected chi connectivity index (χ3v) is 5.06. The molecule has 1 aliphatic carbocycles. The van der Waals surface area contributed by atoms with Crippen molar-refractivity contribution in [2.45, 2.75) is 44.6 Å². The van der Waals surface area contributed by atoms with Gasteiger partial charge in [-0.3, -0.25) is 0 Å². The predicted molar refractivity (Wildman–Crippen MR) is 106 cm³/mol. The molecule has 0 amide bonds. The monoisotopic (exact) mass is 441 g/mol. The lowest BCUT2D eigenvalue weighted by Gasteiger charge is -2.26. The lowest BCUT2D eigenvalue weighted by atomic mass is 9.86. The van der Waals surface area contributed by atoms with Gasteiger partial charge in [-0.1, -0.05) is 18.2 Å². The summed E-state index contributed by atoms with van der Waals surface area (Å²) in [6.07, 6.45) is 0.0319. The van der Waals surface area contributed by atoms with Crippen LogP contribution in [0.1, 0.15) is 31.2 Å². The molecule has 31 heavy (non-hydrogen) atoms. The molecule has 1 fully saturated rings. The number of nitrogens with zero attached hydrogens (tertiary/aromatic N) is 3. The fourth-order valence-electron chi connectivity index (χ4n) is 3.41. The number of anilines is 2. The van der Waals surface area contributed by atoms with Crippen LogP contribution < -0.4 is 21.1 Å². The standard InChI is InChI=1S/C19H24F3N6O3/c20-19(21,22)31-16-4-2-1-3-13(16)10-25-18-26-11-15(28(29)30)17(27-18)24-9-12-5-7-14(23)8-6-12/h1-4,11-12,14H,5-10,23H2,(H,29,30)(H2,24,25,26,27)/q+1/t12-,14-. The molecule has 0 radical (unpaired) electrons. The Morgan fingerprint density at radius 2 is 1.90 bits per heavy atom. The van der Waals surface area contributed by atoms with Crippen LogP contribution in [0.15, 0.2) is 30.5 Å². The van der Waals surface area contributed by atoms with E-state index in [2.05, 4.69) is 25.3 Å². The quantitative estimate of drug-likeness (QED) is 0.457. The first-order valence-electron chi connectivity index (χ1n) is 9.81. The van der Waals surface area contributed by atoms with E-state index in [4.69, 9.17) is 5.73 Å². The number of hydrogen-bond acceptors (Lipinski definition) is 7. The molecule has 0 aliphatic heterocycles. The number of rotatable bonds is 8. The van der Waals surface area contributed by atoms with Gasteiger partial charge in [0.25, 0.3) is 4.92 Å². The molecule has 168 valence electrons. The SMILES string of the molecule is N[C@H]1CC[C@H](CNc2nc(NCc3ccccc3OC(F)(F)F)ncc2[N+](=O)O)CC1. The maximum absolute atomic E-state index is 12.6. The number of benzene rings is 1. The average molecular weight is 441 g/mol. The second-order valence-corrected chi connectivity index (χ2v) is 7.37. The Hall–Kier alpha value is -3.15. The van der Waals surface area contributed by atoms with Crippen LogP contribution in [0, 0.1) is 10.8 Å². The molecule has 9 nitrogen and oxygen atoms in total. The minimum Gasteiger partial charge on any atom is -0.405 e. The fourth-order valence-corrected chi connectivity index (χ4v) is 3.41. The van der Waals surface area contributed by atoms with Crippen LogP contribution in [0.25, 0.3) is 0 Å². The van der Waals surface area contributed by atoms with Gasteiger partial charge in [-0.25, -0.2) is 10.2 Å². The van der Waals surface area contributed by atoms with Crippen LogP contribution in [-0.2, 0) is 6.54 Å².